The lowest BCUT2D eigenvalue weighted by Gasteiger charge is -2.39. The summed E-state index contributed by atoms with van der Waals surface area (Å²) >= 11 is 0. The average Bonchev–Trinajstić information content (AvgIpc) is 2.48. The van der Waals surface area contributed by atoms with E-state index >= 15 is 0 Å². The highest BCUT2D eigenvalue weighted by molar-refractivity contribution is 5.87. The molecule has 0 heterocycles. The first kappa shape index (κ1) is 15.9. The average molecular weight is 295 g/mol. The third kappa shape index (κ3) is 3.80. The van der Waals surface area contributed by atoms with Crippen molar-refractivity contribution in [3.05, 3.63) is 35.1 Å². The van der Waals surface area contributed by atoms with Crippen LogP contribution in [0.2, 0.25) is 0 Å². The third-order valence-corrected chi connectivity index (χ3v) is 4.48. The molecule has 1 saturated carbocycles. The summed E-state index contributed by atoms with van der Waals surface area (Å²) in [6.45, 7) is 2.43. The molecule has 0 spiro atoms. The highest BCUT2D eigenvalue weighted by atomic mass is 19.1. The number of aliphatic hydroxyl groups is 1. The number of aromatic carboxylic acids is 1. The van der Waals surface area contributed by atoms with E-state index in [2.05, 4.69) is 12.2 Å². The summed E-state index contributed by atoms with van der Waals surface area (Å²) in [4.78, 5) is 10.9. The van der Waals surface area contributed by atoms with Crippen LogP contribution in [-0.4, -0.2) is 28.3 Å². The number of rotatable bonds is 5. The molecule has 0 unspecified atom stereocenters. The Bertz CT molecular complexity index is 510. The van der Waals surface area contributed by atoms with Crippen molar-refractivity contribution in [3.8, 4) is 0 Å². The summed E-state index contributed by atoms with van der Waals surface area (Å²) in [6.07, 6.45) is 3.77. The van der Waals surface area contributed by atoms with Crippen molar-refractivity contribution in [2.75, 3.05) is 6.61 Å². The molecule has 0 aromatic heterocycles. The second kappa shape index (κ2) is 6.54. The van der Waals surface area contributed by atoms with Crippen molar-refractivity contribution >= 4 is 5.97 Å². The Labute approximate surface area is 124 Å². The molecule has 1 aliphatic rings. The molecular weight excluding hydrogens is 273 g/mol. The van der Waals surface area contributed by atoms with Gasteiger partial charge < -0.3 is 15.5 Å². The van der Waals surface area contributed by atoms with Crippen LogP contribution < -0.4 is 5.32 Å². The molecule has 5 heteroatoms. The van der Waals surface area contributed by atoms with Gasteiger partial charge in [-0.1, -0.05) is 6.92 Å². The van der Waals surface area contributed by atoms with Gasteiger partial charge in [-0.05, 0) is 49.8 Å². The number of carboxylic acid groups (broad SMARTS) is 1. The second-order valence-electron chi connectivity index (χ2n) is 6.09. The predicted molar refractivity (Wildman–Crippen MR) is 77.6 cm³/mol. The standard InChI is InChI=1S/C16H22FNO3/c1-11-4-6-16(10-19,7-5-11)18-9-13-8-12(15(20)21)2-3-14(13)17/h2-3,8,11,18-19H,4-7,9-10H2,1H3,(H,20,21). The van der Waals surface area contributed by atoms with Crippen molar-refractivity contribution in [2.24, 2.45) is 5.92 Å². The SMILES string of the molecule is CC1CCC(CO)(NCc2cc(C(=O)O)ccc2F)CC1. The first-order valence-corrected chi connectivity index (χ1v) is 7.33. The topological polar surface area (TPSA) is 69.6 Å². The molecule has 3 N–H and O–H groups in total. The number of nitrogens with one attached hydrogen (secondary N) is 1. The molecular formula is C16H22FNO3. The number of benzene rings is 1. The molecule has 116 valence electrons. The van der Waals surface area contributed by atoms with Crippen LogP contribution in [-0.2, 0) is 6.54 Å². The molecule has 0 aliphatic heterocycles. The molecule has 1 aromatic rings. The van der Waals surface area contributed by atoms with Gasteiger partial charge in [0.05, 0.1) is 12.2 Å². The Kier molecular flexibility index (Phi) is 4.96. The van der Waals surface area contributed by atoms with Crippen LogP contribution in [0, 0.1) is 11.7 Å². The van der Waals surface area contributed by atoms with Gasteiger partial charge in [-0.3, -0.25) is 0 Å². The minimum Gasteiger partial charge on any atom is -0.478 e. The van der Waals surface area contributed by atoms with Gasteiger partial charge in [0, 0.05) is 17.6 Å². The fourth-order valence-corrected chi connectivity index (χ4v) is 2.83. The quantitative estimate of drug-likeness (QED) is 0.781. The van der Waals surface area contributed by atoms with Crippen molar-refractivity contribution in [3.63, 3.8) is 0 Å². The Morgan fingerprint density at radius 2 is 2.10 bits per heavy atom. The third-order valence-electron chi connectivity index (χ3n) is 4.48. The lowest BCUT2D eigenvalue weighted by molar-refractivity contribution is 0.0696. The van der Waals surface area contributed by atoms with E-state index in [1.54, 1.807) is 0 Å². The fourth-order valence-electron chi connectivity index (χ4n) is 2.83. The molecule has 0 radical (unpaired) electrons. The Balaban J connectivity index is 2.07. The number of carboxylic acids is 1. The Morgan fingerprint density at radius 1 is 1.43 bits per heavy atom. The monoisotopic (exact) mass is 295 g/mol. The number of hydrogen-bond donors (Lipinski definition) is 3. The summed E-state index contributed by atoms with van der Waals surface area (Å²) in [5.41, 5.74) is 0.0166. The zero-order valence-corrected chi connectivity index (χ0v) is 12.2. The largest absolute Gasteiger partial charge is 0.478 e. The summed E-state index contributed by atoms with van der Waals surface area (Å²) < 4.78 is 13.8. The number of hydrogen-bond acceptors (Lipinski definition) is 3. The maximum atomic E-state index is 13.8. The van der Waals surface area contributed by atoms with Crippen LogP contribution in [0.3, 0.4) is 0 Å². The van der Waals surface area contributed by atoms with E-state index in [0.29, 0.717) is 11.5 Å². The van der Waals surface area contributed by atoms with Crippen LogP contribution >= 0.6 is 0 Å². The van der Waals surface area contributed by atoms with E-state index in [4.69, 9.17) is 5.11 Å². The molecule has 1 fully saturated rings. The van der Waals surface area contributed by atoms with E-state index in [0.717, 1.165) is 25.7 Å². The van der Waals surface area contributed by atoms with Crippen molar-refractivity contribution in [1.29, 1.82) is 0 Å². The zero-order valence-electron chi connectivity index (χ0n) is 12.2. The first-order valence-electron chi connectivity index (χ1n) is 7.33. The van der Waals surface area contributed by atoms with Gasteiger partial charge in [-0.2, -0.15) is 0 Å². The molecule has 0 bridgehead atoms. The normalized spacial score (nSPS) is 25.8. The molecule has 0 atom stereocenters. The van der Waals surface area contributed by atoms with Crippen molar-refractivity contribution in [2.45, 2.75) is 44.7 Å². The summed E-state index contributed by atoms with van der Waals surface area (Å²) in [7, 11) is 0. The Morgan fingerprint density at radius 3 is 2.67 bits per heavy atom. The van der Waals surface area contributed by atoms with Crippen LogP contribution in [0.4, 0.5) is 4.39 Å². The number of carbonyl (C=O) groups is 1. The van der Waals surface area contributed by atoms with Crippen LogP contribution in [0.15, 0.2) is 18.2 Å². The molecule has 0 saturated heterocycles. The molecule has 1 aliphatic carbocycles. The highest BCUT2D eigenvalue weighted by Gasteiger charge is 2.33. The molecule has 2 rings (SSSR count). The summed E-state index contributed by atoms with van der Waals surface area (Å²) in [6, 6.07) is 3.78. The number of halogens is 1. The van der Waals surface area contributed by atoms with Gasteiger partial charge in [0.1, 0.15) is 5.82 Å². The molecule has 21 heavy (non-hydrogen) atoms. The maximum absolute atomic E-state index is 13.8. The van der Waals surface area contributed by atoms with E-state index < -0.39 is 11.8 Å². The van der Waals surface area contributed by atoms with Gasteiger partial charge in [0.25, 0.3) is 0 Å². The molecule has 0 amide bonds. The lowest BCUT2D eigenvalue weighted by atomic mass is 9.77. The van der Waals surface area contributed by atoms with E-state index in [1.807, 2.05) is 0 Å². The summed E-state index contributed by atoms with van der Waals surface area (Å²) in [5, 5.41) is 21.9. The van der Waals surface area contributed by atoms with Crippen LogP contribution in [0.5, 0.6) is 0 Å². The minimum atomic E-state index is -1.07. The van der Waals surface area contributed by atoms with E-state index in [1.165, 1.54) is 18.2 Å². The van der Waals surface area contributed by atoms with Crippen molar-refractivity contribution in [1.82, 2.24) is 5.32 Å². The predicted octanol–water partition coefficient (Wildman–Crippen LogP) is 2.55. The van der Waals surface area contributed by atoms with E-state index in [-0.39, 0.29) is 24.3 Å². The van der Waals surface area contributed by atoms with Gasteiger partial charge in [0.15, 0.2) is 0 Å². The van der Waals surface area contributed by atoms with E-state index in [9.17, 15) is 14.3 Å². The molecule has 1 aromatic carbocycles. The fraction of sp³-hybridized carbons (Fsp3) is 0.562. The molecule has 4 nitrogen and oxygen atoms in total. The van der Waals surface area contributed by atoms with Crippen LogP contribution in [0.1, 0.15) is 48.5 Å². The van der Waals surface area contributed by atoms with Gasteiger partial charge in [-0.25, -0.2) is 9.18 Å². The Hall–Kier alpha value is -1.46. The smallest absolute Gasteiger partial charge is 0.335 e. The van der Waals surface area contributed by atoms with Gasteiger partial charge in [0.2, 0.25) is 0 Å². The lowest BCUT2D eigenvalue weighted by Crippen LogP contribution is -2.50. The van der Waals surface area contributed by atoms with Crippen molar-refractivity contribution < 1.29 is 19.4 Å². The highest BCUT2D eigenvalue weighted by Crippen LogP contribution is 2.32. The second-order valence-corrected chi connectivity index (χ2v) is 6.09. The first-order chi connectivity index (χ1) is 9.96. The minimum absolute atomic E-state index is 0.0138. The number of aliphatic hydroxyl groups excluding tert-OH is 1. The van der Waals surface area contributed by atoms with Gasteiger partial charge >= 0.3 is 5.97 Å². The van der Waals surface area contributed by atoms with Gasteiger partial charge in [-0.15, -0.1) is 0 Å². The summed E-state index contributed by atoms with van der Waals surface area (Å²) in [5.74, 6) is -0.845. The zero-order chi connectivity index (χ0) is 15.5. The van der Waals surface area contributed by atoms with Crippen LogP contribution in [0.25, 0.3) is 0 Å². The maximum Gasteiger partial charge on any atom is 0.335 e.